The first-order valence-electron chi connectivity index (χ1n) is 7.43. The van der Waals surface area contributed by atoms with Gasteiger partial charge >= 0.3 is 5.97 Å². The Morgan fingerprint density at radius 3 is 2.67 bits per heavy atom. The molecule has 0 radical (unpaired) electrons. The van der Waals surface area contributed by atoms with Crippen molar-refractivity contribution in [2.75, 3.05) is 19.0 Å². The van der Waals surface area contributed by atoms with Crippen molar-refractivity contribution in [2.24, 2.45) is 0 Å². The maximum absolute atomic E-state index is 11.8. The zero-order valence-corrected chi connectivity index (χ0v) is 13.6. The van der Waals surface area contributed by atoms with Crippen LogP contribution >= 0.6 is 0 Å². The monoisotopic (exact) mass is 325 g/mol. The highest BCUT2D eigenvalue weighted by molar-refractivity contribution is 5.95. The molecule has 0 saturated heterocycles. The molecule has 1 amide bonds. The number of carbonyl (C=O) groups excluding carboxylic acids is 2. The molecule has 2 aromatic carbocycles. The average Bonchev–Trinajstić information content (AvgIpc) is 2.60. The van der Waals surface area contributed by atoms with Gasteiger partial charge in [0.05, 0.1) is 7.11 Å². The lowest BCUT2D eigenvalue weighted by atomic mass is 10.2. The largest absolute Gasteiger partial charge is 0.497 e. The molecule has 0 spiro atoms. The Hall–Kier alpha value is -3.08. The maximum Gasteiger partial charge on any atom is 0.331 e. The molecule has 0 saturated carbocycles. The number of esters is 1. The van der Waals surface area contributed by atoms with Crippen molar-refractivity contribution in [1.82, 2.24) is 0 Å². The van der Waals surface area contributed by atoms with Crippen LogP contribution in [-0.2, 0) is 14.3 Å². The van der Waals surface area contributed by atoms with Crippen molar-refractivity contribution in [3.63, 3.8) is 0 Å². The quantitative estimate of drug-likeness (QED) is 0.654. The topological polar surface area (TPSA) is 64.6 Å². The highest BCUT2D eigenvalue weighted by atomic mass is 16.5. The molecule has 0 fully saturated rings. The number of hydrogen-bond donors (Lipinski definition) is 1. The van der Waals surface area contributed by atoms with Crippen molar-refractivity contribution in [1.29, 1.82) is 0 Å². The van der Waals surface area contributed by atoms with Crippen molar-refractivity contribution in [3.8, 4) is 5.75 Å². The van der Waals surface area contributed by atoms with Gasteiger partial charge in [0, 0.05) is 11.8 Å². The molecule has 0 heterocycles. The third-order valence-corrected chi connectivity index (χ3v) is 3.27. The predicted octanol–water partition coefficient (Wildman–Crippen LogP) is 3.20. The predicted molar refractivity (Wildman–Crippen MR) is 92.8 cm³/mol. The summed E-state index contributed by atoms with van der Waals surface area (Å²) in [6, 6.07) is 14.6. The highest BCUT2D eigenvalue weighted by Gasteiger charge is 2.07. The Morgan fingerprint density at radius 2 is 1.92 bits per heavy atom. The minimum atomic E-state index is -0.585. The zero-order valence-electron chi connectivity index (χ0n) is 13.6. The van der Waals surface area contributed by atoms with E-state index in [0.717, 1.165) is 11.1 Å². The molecule has 0 aliphatic rings. The van der Waals surface area contributed by atoms with Crippen molar-refractivity contribution >= 4 is 23.6 Å². The van der Waals surface area contributed by atoms with E-state index in [9.17, 15) is 9.59 Å². The Bertz CT molecular complexity index is 753. The van der Waals surface area contributed by atoms with Gasteiger partial charge < -0.3 is 14.8 Å². The Kier molecular flexibility index (Phi) is 6.14. The first-order valence-corrected chi connectivity index (χ1v) is 7.43. The van der Waals surface area contributed by atoms with Crippen LogP contribution in [0.1, 0.15) is 11.1 Å². The van der Waals surface area contributed by atoms with E-state index in [0.29, 0.717) is 11.4 Å². The van der Waals surface area contributed by atoms with E-state index in [2.05, 4.69) is 5.32 Å². The average molecular weight is 325 g/mol. The van der Waals surface area contributed by atoms with Crippen molar-refractivity contribution < 1.29 is 19.1 Å². The van der Waals surface area contributed by atoms with Crippen LogP contribution in [0.15, 0.2) is 54.6 Å². The number of methoxy groups -OCH3 is 1. The number of para-hydroxylation sites is 1. The van der Waals surface area contributed by atoms with Crippen LogP contribution < -0.4 is 10.1 Å². The third kappa shape index (κ3) is 5.28. The lowest BCUT2D eigenvalue weighted by Crippen LogP contribution is -2.20. The number of nitrogens with one attached hydrogen (secondary N) is 1. The fourth-order valence-electron chi connectivity index (χ4n) is 1.99. The second-order valence-corrected chi connectivity index (χ2v) is 5.08. The van der Waals surface area contributed by atoms with Crippen molar-refractivity contribution in [2.45, 2.75) is 6.92 Å². The summed E-state index contributed by atoms with van der Waals surface area (Å²) in [7, 11) is 1.57. The van der Waals surface area contributed by atoms with Crippen LogP contribution in [0.3, 0.4) is 0 Å². The lowest BCUT2D eigenvalue weighted by Gasteiger charge is -2.07. The Labute approximate surface area is 140 Å². The van der Waals surface area contributed by atoms with Crippen LogP contribution in [0.5, 0.6) is 5.75 Å². The van der Waals surface area contributed by atoms with E-state index < -0.39 is 5.97 Å². The van der Waals surface area contributed by atoms with Crippen LogP contribution in [0, 0.1) is 6.92 Å². The number of ether oxygens (including phenoxy) is 2. The minimum Gasteiger partial charge on any atom is -0.497 e. The highest BCUT2D eigenvalue weighted by Crippen LogP contribution is 2.14. The molecule has 2 aromatic rings. The molecule has 2 rings (SSSR count). The van der Waals surface area contributed by atoms with Gasteiger partial charge in [0.1, 0.15) is 5.75 Å². The number of hydrogen-bond acceptors (Lipinski definition) is 4. The fraction of sp³-hybridized carbons (Fsp3) is 0.158. The number of amides is 1. The van der Waals surface area contributed by atoms with Crippen LogP contribution in [0.2, 0.25) is 0 Å². The standard InChI is InChI=1S/C19H19NO4/c1-14-6-3-4-9-17(14)20-18(21)13-24-19(22)11-10-15-7-5-8-16(12-15)23-2/h3-12H,13H2,1-2H3,(H,20,21)/b11-10+. The van der Waals surface area contributed by atoms with E-state index in [1.807, 2.05) is 43.3 Å². The van der Waals surface area contributed by atoms with Crippen LogP contribution in [-0.4, -0.2) is 25.6 Å². The molecule has 0 aliphatic heterocycles. The molecular formula is C19H19NO4. The molecule has 0 atom stereocenters. The summed E-state index contributed by atoms with van der Waals surface area (Å²) in [6.45, 7) is 1.55. The van der Waals surface area contributed by atoms with Gasteiger partial charge in [-0.2, -0.15) is 0 Å². The molecule has 0 aliphatic carbocycles. The molecule has 5 nitrogen and oxygen atoms in total. The van der Waals surface area contributed by atoms with Gasteiger partial charge in [0.15, 0.2) is 6.61 Å². The number of rotatable bonds is 6. The van der Waals surface area contributed by atoms with E-state index in [1.165, 1.54) is 6.08 Å². The molecule has 0 bridgehead atoms. The maximum atomic E-state index is 11.8. The van der Waals surface area contributed by atoms with Crippen LogP contribution in [0.25, 0.3) is 6.08 Å². The summed E-state index contributed by atoms with van der Waals surface area (Å²) in [5.74, 6) is -0.270. The number of aryl methyl sites for hydroxylation is 1. The first-order chi connectivity index (χ1) is 11.6. The summed E-state index contributed by atoms with van der Waals surface area (Å²) in [4.78, 5) is 23.5. The third-order valence-electron chi connectivity index (χ3n) is 3.27. The van der Waals surface area contributed by atoms with Gasteiger partial charge in [0.2, 0.25) is 0 Å². The smallest absolute Gasteiger partial charge is 0.331 e. The SMILES string of the molecule is COc1cccc(/C=C/C(=O)OCC(=O)Nc2ccccc2C)c1. The fourth-order valence-corrected chi connectivity index (χ4v) is 1.99. The number of anilines is 1. The number of benzene rings is 2. The van der Waals surface area contributed by atoms with Crippen LogP contribution in [0.4, 0.5) is 5.69 Å². The molecule has 124 valence electrons. The molecule has 1 N–H and O–H groups in total. The molecule has 5 heteroatoms. The zero-order chi connectivity index (χ0) is 17.4. The molecule has 0 aromatic heterocycles. The van der Waals surface area contributed by atoms with E-state index >= 15 is 0 Å². The molecule has 24 heavy (non-hydrogen) atoms. The van der Waals surface area contributed by atoms with Gasteiger partial charge in [-0.3, -0.25) is 4.79 Å². The molecular weight excluding hydrogens is 306 g/mol. The first kappa shape index (κ1) is 17.3. The Balaban J connectivity index is 1.83. The van der Waals surface area contributed by atoms with Gasteiger partial charge in [-0.1, -0.05) is 30.3 Å². The van der Waals surface area contributed by atoms with E-state index in [-0.39, 0.29) is 12.5 Å². The van der Waals surface area contributed by atoms with Gasteiger partial charge in [-0.25, -0.2) is 4.79 Å². The van der Waals surface area contributed by atoms with Gasteiger partial charge in [0.25, 0.3) is 5.91 Å². The normalized spacial score (nSPS) is 10.4. The second kappa shape index (κ2) is 8.53. The summed E-state index contributed by atoms with van der Waals surface area (Å²) in [6.07, 6.45) is 2.87. The van der Waals surface area contributed by atoms with E-state index in [4.69, 9.17) is 9.47 Å². The van der Waals surface area contributed by atoms with Crippen molar-refractivity contribution in [3.05, 3.63) is 65.7 Å². The van der Waals surface area contributed by atoms with E-state index in [1.54, 1.807) is 25.3 Å². The molecule has 0 unspecified atom stereocenters. The second-order valence-electron chi connectivity index (χ2n) is 5.08. The summed E-state index contributed by atoms with van der Waals surface area (Å²) >= 11 is 0. The summed E-state index contributed by atoms with van der Waals surface area (Å²) in [5, 5.41) is 2.70. The Morgan fingerprint density at radius 1 is 1.12 bits per heavy atom. The van der Waals surface area contributed by atoms with Gasteiger partial charge in [-0.15, -0.1) is 0 Å². The number of carbonyl (C=O) groups is 2. The minimum absolute atomic E-state index is 0.338. The van der Waals surface area contributed by atoms with Gasteiger partial charge in [-0.05, 0) is 42.3 Å². The summed E-state index contributed by atoms with van der Waals surface area (Å²) in [5.41, 5.74) is 2.44. The summed E-state index contributed by atoms with van der Waals surface area (Å²) < 4.78 is 10.0. The lowest BCUT2D eigenvalue weighted by molar-refractivity contribution is -0.142.